The summed E-state index contributed by atoms with van der Waals surface area (Å²) in [5.41, 5.74) is 3.44. The average Bonchev–Trinajstić information content (AvgIpc) is 3.20. The van der Waals surface area contributed by atoms with Gasteiger partial charge in [0.2, 0.25) is 11.8 Å². The molecule has 3 heterocycles. The lowest BCUT2D eigenvalue weighted by Gasteiger charge is -2.29. The lowest BCUT2D eigenvalue weighted by atomic mass is 9.99. The predicted molar refractivity (Wildman–Crippen MR) is 89.4 cm³/mol. The summed E-state index contributed by atoms with van der Waals surface area (Å²) in [6, 6.07) is 5.02. The molecule has 1 atom stereocenters. The Bertz CT molecular complexity index is 886. The Morgan fingerprint density at radius 2 is 2.04 bits per heavy atom. The first kappa shape index (κ1) is 15.6. The van der Waals surface area contributed by atoms with Crippen LogP contribution in [0.1, 0.15) is 35.7 Å². The first-order valence-electron chi connectivity index (χ1n) is 8.38. The highest BCUT2D eigenvalue weighted by atomic mass is 16.2. The number of amides is 3. The van der Waals surface area contributed by atoms with Gasteiger partial charge in [-0.05, 0) is 30.5 Å². The number of aryl methyl sites for hydroxylation is 1. The molecule has 0 bridgehead atoms. The monoisotopic (exact) mass is 338 g/mol. The highest BCUT2D eigenvalue weighted by molar-refractivity contribution is 6.06. The number of carbonyl (C=O) groups excluding carboxylic acids is 3. The van der Waals surface area contributed by atoms with E-state index in [0.29, 0.717) is 18.5 Å². The molecule has 128 valence electrons. The van der Waals surface area contributed by atoms with Crippen LogP contribution in [-0.2, 0) is 22.7 Å². The van der Waals surface area contributed by atoms with Gasteiger partial charge in [-0.3, -0.25) is 24.4 Å². The van der Waals surface area contributed by atoms with E-state index in [1.807, 2.05) is 29.9 Å². The number of hydrogen-bond donors (Lipinski definition) is 1. The molecule has 1 unspecified atom stereocenters. The van der Waals surface area contributed by atoms with Gasteiger partial charge < -0.3 is 4.90 Å². The maximum Gasteiger partial charge on any atom is 0.255 e. The highest BCUT2D eigenvalue weighted by Crippen LogP contribution is 2.34. The van der Waals surface area contributed by atoms with Gasteiger partial charge in [0.25, 0.3) is 5.91 Å². The summed E-state index contributed by atoms with van der Waals surface area (Å²) >= 11 is 0. The summed E-state index contributed by atoms with van der Waals surface area (Å²) in [6.07, 6.45) is 4.37. The molecular formula is C18H18N4O3. The van der Waals surface area contributed by atoms with Crippen LogP contribution in [0.25, 0.3) is 11.1 Å². The minimum atomic E-state index is -0.594. The number of imide groups is 1. The fourth-order valence-corrected chi connectivity index (χ4v) is 3.53. The molecular weight excluding hydrogens is 320 g/mol. The van der Waals surface area contributed by atoms with Crippen LogP contribution in [-0.4, -0.2) is 38.4 Å². The fourth-order valence-electron chi connectivity index (χ4n) is 3.53. The number of nitrogens with one attached hydrogen (secondary N) is 1. The van der Waals surface area contributed by atoms with Crippen molar-refractivity contribution in [3.63, 3.8) is 0 Å². The molecule has 1 aromatic carbocycles. The summed E-state index contributed by atoms with van der Waals surface area (Å²) < 4.78 is 1.84. The zero-order chi connectivity index (χ0) is 17.6. The van der Waals surface area contributed by atoms with Gasteiger partial charge in [0.05, 0.1) is 6.20 Å². The minimum absolute atomic E-state index is 0.158. The first-order valence-corrected chi connectivity index (χ1v) is 8.38. The number of fused-ring (bicyclic) bond motifs is 1. The van der Waals surface area contributed by atoms with Crippen LogP contribution in [0.2, 0.25) is 0 Å². The van der Waals surface area contributed by atoms with Gasteiger partial charge in [0.1, 0.15) is 6.04 Å². The second kappa shape index (κ2) is 5.84. The molecule has 7 heteroatoms. The van der Waals surface area contributed by atoms with Gasteiger partial charge in [-0.15, -0.1) is 0 Å². The number of piperidine rings is 1. The molecule has 2 aromatic rings. The molecule has 0 aliphatic carbocycles. The summed E-state index contributed by atoms with van der Waals surface area (Å²) in [6.45, 7) is 3.16. The van der Waals surface area contributed by atoms with Gasteiger partial charge in [0.15, 0.2) is 0 Å². The van der Waals surface area contributed by atoms with Crippen molar-refractivity contribution in [3.05, 3.63) is 41.7 Å². The van der Waals surface area contributed by atoms with E-state index in [9.17, 15) is 14.4 Å². The first-order chi connectivity index (χ1) is 12.1. The van der Waals surface area contributed by atoms with E-state index >= 15 is 0 Å². The topological polar surface area (TPSA) is 84.3 Å². The van der Waals surface area contributed by atoms with Crippen molar-refractivity contribution in [3.8, 4) is 11.1 Å². The summed E-state index contributed by atoms with van der Waals surface area (Å²) in [7, 11) is 0. The number of nitrogens with zero attached hydrogens (tertiary/aromatic N) is 3. The van der Waals surface area contributed by atoms with Crippen LogP contribution in [0.15, 0.2) is 30.6 Å². The number of carbonyl (C=O) groups is 3. The maximum absolute atomic E-state index is 12.8. The Labute approximate surface area is 144 Å². The highest BCUT2D eigenvalue weighted by Gasteiger charge is 2.39. The molecule has 7 nitrogen and oxygen atoms in total. The van der Waals surface area contributed by atoms with Crippen LogP contribution >= 0.6 is 0 Å². The molecule has 4 rings (SSSR count). The Balaban J connectivity index is 1.68. The third-order valence-corrected chi connectivity index (χ3v) is 4.85. The van der Waals surface area contributed by atoms with Crippen LogP contribution < -0.4 is 5.32 Å². The Kier molecular flexibility index (Phi) is 3.63. The molecule has 1 fully saturated rings. The zero-order valence-corrected chi connectivity index (χ0v) is 13.9. The van der Waals surface area contributed by atoms with Crippen LogP contribution in [0.5, 0.6) is 0 Å². The van der Waals surface area contributed by atoms with Gasteiger partial charge >= 0.3 is 0 Å². The molecule has 25 heavy (non-hydrogen) atoms. The van der Waals surface area contributed by atoms with E-state index in [4.69, 9.17) is 0 Å². The third kappa shape index (κ3) is 2.52. The van der Waals surface area contributed by atoms with Crippen molar-refractivity contribution >= 4 is 17.7 Å². The van der Waals surface area contributed by atoms with Gasteiger partial charge in [-0.25, -0.2) is 0 Å². The average molecular weight is 338 g/mol. The van der Waals surface area contributed by atoms with Crippen molar-refractivity contribution in [2.45, 2.75) is 38.9 Å². The van der Waals surface area contributed by atoms with E-state index < -0.39 is 11.9 Å². The van der Waals surface area contributed by atoms with E-state index in [-0.39, 0.29) is 18.2 Å². The Morgan fingerprint density at radius 1 is 1.24 bits per heavy atom. The molecule has 0 spiro atoms. The number of hydrogen-bond acceptors (Lipinski definition) is 4. The number of aromatic nitrogens is 2. The van der Waals surface area contributed by atoms with Crippen molar-refractivity contribution in [1.29, 1.82) is 0 Å². The van der Waals surface area contributed by atoms with E-state index in [0.717, 1.165) is 23.2 Å². The summed E-state index contributed by atoms with van der Waals surface area (Å²) in [5.74, 6) is -0.829. The maximum atomic E-state index is 12.8. The van der Waals surface area contributed by atoms with E-state index in [1.165, 1.54) is 0 Å². The van der Waals surface area contributed by atoms with Gasteiger partial charge in [-0.1, -0.05) is 12.1 Å². The zero-order valence-electron chi connectivity index (χ0n) is 13.9. The SMILES string of the molecule is CCn1cc(-c2cccc3c2CN(C2CCC(=O)NC2=O)C3=O)cn1. The lowest BCUT2D eigenvalue weighted by molar-refractivity contribution is -0.136. The molecule has 1 N–H and O–H groups in total. The standard InChI is InChI=1S/C18H18N4O3/c1-2-21-9-11(8-19-21)12-4-3-5-13-14(12)10-22(18(13)25)15-6-7-16(23)20-17(15)24/h3-5,8-9,15H,2,6-7,10H2,1H3,(H,20,23,24). The normalized spacial score (nSPS) is 20.0. The van der Waals surface area contributed by atoms with Crippen molar-refractivity contribution in [2.24, 2.45) is 0 Å². The number of rotatable bonds is 3. The molecule has 0 radical (unpaired) electrons. The van der Waals surface area contributed by atoms with Gasteiger partial charge in [-0.2, -0.15) is 5.10 Å². The van der Waals surface area contributed by atoms with Crippen LogP contribution in [0, 0.1) is 0 Å². The fraction of sp³-hybridized carbons (Fsp3) is 0.333. The smallest absolute Gasteiger partial charge is 0.255 e. The van der Waals surface area contributed by atoms with Crippen molar-refractivity contribution in [1.82, 2.24) is 20.0 Å². The van der Waals surface area contributed by atoms with Crippen molar-refractivity contribution in [2.75, 3.05) is 0 Å². The molecule has 1 saturated heterocycles. The van der Waals surface area contributed by atoms with Crippen LogP contribution in [0.4, 0.5) is 0 Å². The van der Waals surface area contributed by atoms with Crippen molar-refractivity contribution < 1.29 is 14.4 Å². The Morgan fingerprint density at radius 3 is 2.76 bits per heavy atom. The van der Waals surface area contributed by atoms with E-state index in [2.05, 4.69) is 10.4 Å². The molecule has 0 saturated carbocycles. The molecule has 3 amide bonds. The lowest BCUT2D eigenvalue weighted by Crippen LogP contribution is -2.52. The molecule has 2 aliphatic heterocycles. The predicted octanol–water partition coefficient (Wildman–Crippen LogP) is 1.33. The molecule has 1 aromatic heterocycles. The minimum Gasteiger partial charge on any atom is -0.322 e. The summed E-state index contributed by atoms with van der Waals surface area (Å²) in [5, 5.41) is 6.63. The quantitative estimate of drug-likeness (QED) is 0.856. The number of benzene rings is 1. The Hall–Kier alpha value is -2.96. The molecule has 2 aliphatic rings. The van der Waals surface area contributed by atoms with Gasteiger partial charge in [0, 0.05) is 36.8 Å². The second-order valence-electron chi connectivity index (χ2n) is 6.32. The third-order valence-electron chi connectivity index (χ3n) is 4.85. The van der Waals surface area contributed by atoms with E-state index in [1.54, 1.807) is 17.2 Å². The second-order valence-corrected chi connectivity index (χ2v) is 6.32. The summed E-state index contributed by atoms with van der Waals surface area (Å²) in [4.78, 5) is 37.9. The largest absolute Gasteiger partial charge is 0.322 e. The van der Waals surface area contributed by atoms with Crippen LogP contribution in [0.3, 0.4) is 0 Å².